The Morgan fingerprint density at radius 1 is 0.947 bits per heavy atom. The number of aliphatic hydroxyl groups excluding tert-OH is 1. The van der Waals surface area contributed by atoms with E-state index in [2.05, 4.69) is 16.0 Å². The van der Waals surface area contributed by atoms with Crippen molar-refractivity contribution in [3.8, 4) is 0 Å². The maximum absolute atomic E-state index is 12.0. The van der Waals surface area contributed by atoms with E-state index >= 15 is 0 Å². The molecule has 1 heterocycles. The van der Waals surface area contributed by atoms with Crippen LogP contribution in [0.4, 0.5) is 16.2 Å². The van der Waals surface area contributed by atoms with Crippen LogP contribution < -0.4 is 16.0 Å². The summed E-state index contributed by atoms with van der Waals surface area (Å²) in [6.07, 6.45) is -0.247. The second-order valence-corrected chi connectivity index (χ2v) is 10.1. The largest absolute Gasteiger partial charge is 0.392 e. The third kappa shape index (κ3) is 7.82. The van der Waals surface area contributed by atoms with Gasteiger partial charge in [0.2, 0.25) is 5.91 Å². The molecule has 0 aromatic heterocycles. The van der Waals surface area contributed by atoms with Crippen molar-refractivity contribution < 1.29 is 24.2 Å². The maximum atomic E-state index is 12.0. The number of hydrogen-bond acceptors (Lipinski definition) is 6. The van der Waals surface area contributed by atoms with Crippen LogP contribution in [0.25, 0.3) is 0 Å². The van der Waals surface area contributed by atoms with Crippen LogP contribution in [-0.4, -0.2) is 35.4 Å². The SMILES string of the molecule is CCNC(=O)Nc1cccc([C@@H]2O[C@H](CSc3ccc(NC(C)=O)cc3)C[C@H](c3ccc(CO)cc3)O2)c1. The summed E-state index contributed by atoms with van der Waals surface area (Å²) in [5.74, 6) is 0.608. The average Bonchev–Trinajstić information content (AvgIpc) is 2.92. The molecule has 4 rings (SSSR count). The minimum Gasteiger partial charge on any atom is -0.392 e. The smallest absolute Gasteiger partial charge is 0.319 e. The summed E-state index contributed by atoms with van der Waals surface area (Å²) >= 11 is 1.68. The van der Waals surface area contributed by atoms with Gasteiger partial charge in [-0.25, -0.2) is 4.79 Å². The standard InChI is InChI=1S/C29H33N3O5S/c1-3-30-29(35)32-24-6-4-5-22(15-24)28-36-25(16-27(37-28)21-9-7-20(17-33)8-10-21)18-38-26-13-11-23(12-14-26)31-19(2)34/h4-15,25,27-28,33H,3,16-18H2,1-2H3,(H,31,34)(H2,30,32,35)/t25-,27+,28+/m0/s1. The molecule has 38 heavy (non-hydrogen) atoms. The third-order valence-corrected chi connectivity index (χ3v) is 7.12. The first-order chi connectivity index (χ1) is 18.4. The van der Waals surface area contributed by atoms with Gasteiger partial charge in [0.05, 0.1) is 18.8 Å². The van der Waals surface area contributed by atoms with Gasteiger partial charge in [-0.1, -0.05) is 36.4 Å². The second-order valence-electron chi connectivity index (χ2n) is 8.98. The lowest BCUT2D eigenvalue weighted by Crippen LogP contribution is -2.31. The predicted octanol–water partition coefficient (Wildman–Crippen LogP) is 5.62. The lowest BCUT2D eigenvalue weighted by molar-refractivity contribution is -0.245. The van der Waals surface area contributed by atoms with Crippen molar-refractivity contribution in [2.24, 2.45) is 0 Å². The van der Waals surface area contributed by atoms with E-state index in [-0.39, 0.29) is 30.8 Å². The Hall–Kier alpha value is -3.37. The fourth-order valence-corrected chi connectivity index (χ4v) is 5.07. The zero-order chi connectivity index (χ0) is 26.9. The van der Waals surface area contributed by atoms with Gasteiger partial charge in [0.25, 0.3) is 0 Å². The maximum Gasteiger partial charge on any atom is 0.319 e. The van der Waals surface area contributed by atoms with Crippen molar-refractivity contribution in [3.05, 3.63) is 89.5 Å². The summed E-state index contributed by atoms with van der Waals surface area (Å²) in [5, 5.41) is 17.8. The molecule has 9 heteroatoms. The van der Waals surface area contributed by atoms with E-state index in [0.29, 0.717) is 24.4 Å². The number of carbonyl (C=O) groups excluding carboxylic acids is 2. The van der Waals surface area contributed by atoms with Gasteiger partial charge < -0.3 is 30.5 Å². The van der Waals surface area contributed by atoms with E-state index in [1.54, 1.807) is 11.8 Å². The molecule has 4 N–H and O–H groups in total. The van der Waals surface area contributed by atoms with E-state index in [9.17, 15) is 14.7 Å². The van der Waals surface area contributed by atoms with Crippen LogP contribution in [0.1, 0.15) is 49.4 Å². The van der Waals surface area contributed by atoms with Gasteiger partial charge in [-0.05, 0) is 54.4 Å². The molecule has 0 aliphatic carbocycles. The normalized spacial score (nSPS) is 19.0. The van der Waals surface area contributed by atoms with Crippen molar-refractivity contribution in [2.75, 3.05) is 22.9 Å². The number of amides is 3. The number of anilines is 2. The number of rotatable bonds is 9. The van der Waals surface area contributed by atoms with Gasteiger partial charge in [0.1, 0.15) is 0 Å². The van der Waals surface area contributed by atoms with E-state index in [1.807, 2.05) is 79.7 Å². The zero-order valence-electron chi connectivity index (χ0n) is 21.5. The molecule has 0 saturated carbocycles. The fraction of sp³-hybridized carbons (Fsp3) is 0.310. The number of carbonyl (C=O) groups is 2. The summed E-state index contributed by atoms with van der Waals surface area (Å²) < 4.78 is 12.8. The molecule has 1 aliphatic heterocycles. The molecule has 1 saturated heterocycles. The summed E-state index contributed by atoms with van der Waals surface area (Å²) in [7, 11) is 0. The molecule has 3 aromatic rings. The monoisotopic (exact) mass is 535 g/mol. The third-order valence-electron chi connectivity index (χ3n) is 5.98. The molecule has 3 amide bonds. The van der Waals surface area contributed by atoms with Crippen molar-refractivity contribution in [2.45, 2.75) is 50.3 Å². The number of aliphatic hydroxyl groups is 1. The second kappa shape index (κ2) is 13.4. The minimum absolute atomic E-state index is 0.0110. The van der Waals surface area contributed by atoms with Crippen molar-refractivity contribution in [1.29, 1.82) is 0 Å². The molecule has 3 aromatic carbocycles. The molecular formula is C29H33N3O5S. The summed E-state index contributed by atoms with van der Waals surface area (Å²) in [6, 6.07) is 22.7. The molecular weight excluding hydrogens is 502 g/mol. The number of benzene rings is 3. The average molecular weight is 536 g/mol. The number of nitrogens with one attached hydrogen (secondary N) is 3. The zero-order valence-corrected chi connectivity index (χ0v) is 22.3. The Balaban J connectivity index is 1.50. The fourth-order valence-electron chi connectivity index (χ4n) is 4.15. The topological polar surface area (TPSA) is 109 Å². The first kappa shape index (κ1) is 27.7. The first-order valence-corrected chi connectivity index (χ1v) is 13.6. The lowest BCUT2D eigenvalue weighted by atomic mass is 10.0. The van der Waals surface area contributed by atoms with E-state index in [0.717, 1.165) is 27.3 Å². The molecule has 0 spiro atoms. The molecule has 0 unspecified atom stereocenters. The molecule has 1 aliphatic rings. The highest BCUT2D eigenvalue weighted by atomic mass is 32.2. The number of thioether (sulfide) groups is 1. The number of ether oxygens (including phenoxy) is 2. The molecule has 200 valence electrons. The lowest BCUT2D eigenvalue weighted by Gasteiger charge is -2.36. The van der Waals surface area contributed by atoms with Crippen LogP contribution in [0, 0.1) is 0 Å². The van der Waals surface area contributed by atoms with Gasteiger partial charge in [0.15, 0.2) is 6.29 Å². The molecule has 1 fully saturated rings. The van der Waals surface area contributed by atoms with E-state index < -0.39 is 6.29 Å². The minimum atomic E-state index is -0.616. The van der Waals surface area contributed by atoms with Crippen molar-refractivity contribution in [3.63, 3.8) is 0 Å². The van der Waals surface area contributed by atoms with Crippen LogP contribution in [-0.2, 0) is 20.9 Å². The highest BCUT2D eigenvalue weighted by Crippen LogP contribution is 2.40. The highest BCUT2D eigenvalue weighted by Gasteiger charge is 2.32. The van der Waals surface area contributed by atoms with Crippen LogP contribution in [0.3, 0.4) is 0 Å². The van der Waals surface area contributed by atoms with Crippen LogP contribution >= 0.6 is 11.8 Å². The van der Waals surface area contributed by atoms with Crippen LogP contribution in [0.15, 0.2) is 77.7 Å². The summed E-state index contributed by atoms with van der Waals surface area (Å²) in [4.78, 5) is 24.4. The first-order valence-electron chi connectivity index (χ1n) is 12.6. The van der Waals surface area contributed by atoms with E-state index in [4.69, 9.17) is 9.47 Å². The molecule has 0 bridgehead atoms. The Labute approximate surface area is 227 Å². The summed E-state index contributed by atoms with van der Waals surface area (Å²) in [5.41, 5.74) is 4.08. The van der Waals surface area contributed by atoms with E-state index in [1.165, 1.54) is 6.92 Å². The van der Waals surface area contributed by atoms with Crippen LogP contribution in [0.5, 0.6) is 0 Å². The summed E-state index contributed by atoms with van der Waals surface area (Å²) in [6.45, 7) is 3.87. The quantitative estimate of drug-likeness (QED) is 0.265. The number of hydrogen-bond donors (Lipinski definition) is 4. The Morgan fingerprint density at radius 3 is 2.39 bits per heavy atom. The van der Waals surface area contributed by atoms with Gasteiger partial charge in [-0.15, -0.1) is 11.8 Å². The Morgan fingerprint density at radius 2 is 1.71 bits per heavy atom. The van der Waals surface area contributed by atoms with Gasteiger partial charge >= 0.3 is 6.03 Å². The molecule has 8 nitrogen and oxygen atoms in total. The van der Waals surface area contributed by atoms with Crippen molar-refractivity contribution >= 4 is 35.1 Å². The molecule has 0 radical (unpaired) electrons. The van der Waals surface area contributed by atoms with Gasteiger partial charge in [-0.2, -0.15) is 0 Å². The van der Waals surface area contributed by atoms with Gasteiger partial charge in [0, 0.05) is 47.5 Å². The van der Waals surface area contributed by atoms with Crippen LogP contribution in [0.2, 0.25) is 0 Å². The Bertz CT molecular complexity index is 1220. The Kier molecular flexibility index (Phi) is 9.78. The molecule has 3 atom stereocenters. The number of urea groups is 1. The predicted molar refractivity (Wildman–Crippen MR) is 149 cm³/mol. The van der Waals surface area contributed by atoms with Gasteiger partial charge in [-0.3, -0.25) is 4.79 Å². The van der Waals surface area contributed by atoms with Crippen molar-refractivity contribution in [1.82, 2.24) is 5.32 Å². The highest BCUT2D eigenvalue weighted by molar-refractivity contribution is 7.99.